The zero-order valence-electron chi connectivity index (χ0n) is 17.7. The van der Waals surface area contributed by atoms with Gasteiger partial charge in [-0.25, -0.2) is 4.39 Å². The lowest BCUT2D eigenvalue weighted by Crippen LogP contribution is -2.29. The van der Waals surface area contributed by atoms with E-state index in [1.165, 1.54) is 23.3 Å². The van der Waals surface area contributed by atoms with E-state index in [1.54, 1.807) is 43.3 Å². The third kappa shape index (κ3) is 3.89. The lowest BCUT2D eigenvalue weighted by molar-refractivity contribution is -0.140. The van der Waals surface area contributed by atoms with Crippen molar-refractivity contribution in [1.82, 2.24) is 4.90 Å². The smallest absolute Gasteiger partial charge is 0.296 e. The van der Waals surface area contributed by atoms with Crippen LogP contribution >= 0.6 is 0 Å². The standard InChI is InChI=1S/C25H22FNO5/c1-3-31-18-10-8-16(9-11-18)22-21(23(28)17-7-6-15(2)20(26)13-17)24(29)25(30)27(22)14-19-5-4-12-32-19/h4-13,22,28H,3,14H2,1-2H3/b23-21-. The van der Waals surface area contributed by atoms with Gasteiger partial charge < -0.3 is 19.2 Å². The number of rotatable bonds is 6. The Bertz CT molecular complexity index is 1180. The Balaban J connectivity index is 1.84. The molecule has 1 amide bonds. The minimum atomic E-state index is -0.875. The number of hydrogen-bond acceptors (Lipinski definition) is 5. The molecule has 0 aliphatic carbocycles. The molecule has 2 heterocycles. The number of likely N-dealkylation sites (tertiary alicyclic amines) is 1. The van der Waals surface area contributed by atoms with E-state index >= 15 is 0 Å². The van der Waals surface area contributed by atoms with Gasteiger partial charge in [0.15, 0.2) is 0 Å². The first-order chi connectivity index (χ1) is 15.4. The Hall–Kier alpha value is -3.87. The molecule has 1 aromatic heterocycles. The van der Waals surface area contributed by atoms with Crippen molar-refractivity contribution in [2.24, 2.45) is 0 Å². The van der Waals surface area contributed by atoms with Gasteiger partial charge in [-0.05, 0) is 55.3 Å². The topological polar surface area (TPSA) is 80.0 Å². The molecule has 1 unspecified atom stereocenters. The predicted molar refractivity (Wildman–Crippen MR) is 115 cm³/mol. The molecule has 1 aliphatic heterocycles. The number of halogens is 1. The fourth-order valence-corrected chi connectivity index (χ4v) is 3.77. The number of benzene rings is 2. The number of aliphatic hydroxyl groups is 1. The zero-order valence-corrected chi connectivity index (χ0v) is 17.7. The van der Waals surface area contributed by atoms with Gasteiger partial charge in [-0.1, -0.05) is 24.3 Å². The van der Waals surface area contributed by atoms with E-state index in [1.807, 2.05) is 6.92 Å². The van der Waals surface area contributed by atoms with Gasteiger partial charge in [-0.15, -0.1) is 0 Å². The van der Waals surface area contributed by atoms with E-state index in [0.717, 1.165) is 6.07 Å². The number of hydrogen-bond donors (Lipinski definition) is 1. The SMILES string of the molecule is CCOc1ccc(C2/C(=C(/O)c3ccc(C)c(F)c3)C(=O)C(=O)N2Cc2ccco2)cc1. The Kier molecular flexibility index (Phi) is 5.81. The summed E-state index contributed by atoms with van der Waals surface area (Å²) in [4.78, 5) is 27.3. The van der Waals surface area contributed by atoms with Crippen LogP contribution in [0.1, 0.15) is 35.4 Å². The van der Waals surface area contributed by atoms with Gasteiger partial charge in [0.05, 0.1) is 31.0 Å². The molecule has 32 heavy (non-hydrogen) atoms. The second-order valence-electron chi connectivity index (χ2n) is 7.47. The van der Waals surface area contributed by atoms with Crippen molar-refractivity contribution >= 4 is 17.4 Å². The number of aliphatic hydroxyl groups excluding tert-OH is 1. The molecule has 0 radical (unpaired) electrons. The normalized spacial score (nSPS) is 17.7. The summed E-state index contributed by atoms with van der Waals surface area (Å²) < 4.78 is 25.0. The Morgan fingerprint density at radius 1 is 1.16 bits per heavy atom. The van der Waals surface area contributed by atoms with Crippen LogP contribution in [0.3, 0.4) is 0 Å². The van der Waals surface area contributed by atoms with E-state index in [-0.39, 0.29) is 17.7 Å². The van der Waals surface area contributed by atoms with E-state index in [2.05, 4.69) is 0 Å². The predicted octanol–water partition coefficient (Wildman–Crippen LogP) is 4.75. The highest BCUT2D eigenvalue weighted by molar-refractivity contribution is 6.46. The van der Waals surface area contributed by atoms with Crippen molar-refractivity contribution in [2.75, 3.05) is 6.61 Å². The summed E-state index contributed by atoms with van der Waals surface area (Å²) in [5.41, 5.74) is 1.03. The number of nitrogens with zero attached hydrogens (tertiary/aromatic N) is 1. The molecule has 1 aliphatic rings. The number of furan rings is 1. The van der Waals surface area contributed by atoms with Crippen LogP contribution in [-0.2, 0) is 16.1 Å². The molecule has 1 saturated heterocycles. The highest BCUT2D eigenvalue weighted by Gasteiger charge is 2.46. The van der Waals surface area contributed by atoms with Crippen molar-refractivity contribution in [1.29, 1.82) is 0 Å². The molecule has 0 bridgehead atoms. The molecule has 6 nitrogen and oxygen atoms in total. The molecular formula is C25H22FNO5. The number of Topliss-reactive ketones (excluding diaryl/α,β-unsaturated/α-hetero) is 1. The van der Waals surface area contributed by atoms with Gasteiger partial charge in [0.1, 0.15) is 23.1 Å². The van der Waals surface area contributed by atoms with Gasteiger partial charge in [-0.3, -0.25) is 9.59 Å². The highest BCUT2D eigenvalue weighted by Crippen LogP contribution is 2.40. The van der Waals surface area contributed by atoms with Gasteiger partial charge in [0, 0.05) is 5.56 Å². The molecule has 0 spiro atoms. The molecular weight excluding hydrogens is 413 g/mol. The van der Waals surface area contributed by atoms with Crippen molar-refractivity contribution < 1.29 is 28.2 Å². The van der Waals surface area contributed by atoms with Crippen LogP contribution in [0.25, 0.3) is 5.76 Å². The molecule has 2 aromatic carbocycles. The fourth-order valence-electron chi connectivity index (χ4n) is 3.77. The molecule has 1 N–H and O–H groups in total. The van der Waals surface area contributed by atoms with Crippen LogP contribution in [0, 0.1) is 12.7 Å². The molecule has 1 atom stereocenters. The number of aryl methyl sites for hydroxylation is 1. The van der Waals surface area contributed by atoms with Gasteiger partial charge in [0.25, 0.3) is 11.7 Å². The Labute approximate surface area is 184 Å². The molecule has 164 valence electrons. The van der Waals surface area contributed by atoms with Crippen molar-refractivity contribution in [3.8, 4) is 5.75 Å². The average Bonchev–Trinajstić information content (AvgIpc) is 3.38. The summed E-state index contributed by atoms with van der Waals surface area (Å²) in [5.74, 6) is -1.42. The zero-order chi connectivity index (χ0) is 22.8. The third-order valence-corrected chi connectivity index (χ3v) is 5.40. The molecule has 7 heteroatoms. The van der Waals surface area contributed by atoms with Crippen LogP contribution in [0.15, 0.2) is 70.9 Å². The maximum Gasteiger partial charge on any atom is 0.296 e. The maximum absolute atomic E-state index is 14.1. The average molecular weight is 435 g/mol. The summed E-state index contributed by atoms with van der Waals surface area (Å²) in [6.07, 6.45) is 1.48. The van der Waals surface area contributed by atoms with Crippen molar-refractivity contribution in [2.45, 2.75) is 26.4 Å². The first-order valence-electron chi connectivity index (χ1n) is 10.2. The third-order valence-electron chi connectivity index (χ3n) is 5.40. The van der Waals surface area contributed by atoms with Crippen LogP contribution in [0.2, 0.25) is 0 Å². The summed E-state index contributed by atoms with van der Waals surface area (Å²) in [7, 11) is 0. The van der Waals surface area contributed by atoms with E-state index < -0.39 is 29.3 Å². The number of amides is 1. The molecule has 0 saturated carbocycles. The second kappa shape index (κ2) is 8.70. The van der Waals surface area contributed by atoms with Gasteiger partial charge >= 0.3 is 0 Å². The van der Waals surface area contributed by atoms with E-state index in [0.29, 0.717) is 29.2 Å². The monoisotopic (exact) mass is 435 g/mol. The lowest BCUT2D eigenvalue weighted by Gasteiger charge is -2.24. The van der Waals surface area contributed by atoms with Gasteiger partial charge in [0.2, 0.25) is 0 Å². The number of ketones is 1. The minimum Gasteiger partial charge on any atom is -0.507 e. The lowest BCUT2D eigenvalue weighted by atomic mass is 9.95. The summed E-state index contributed by atoms with van der Waals surface area (Å²) in [6, 6.07) is 13.6. The van der Waals surface area contributed by atoms with E-state index in [4.69, 9.17) is 9.15 Å². The minimum absolute atomic E-state index is 0.0362. The largest absolute Gasteiger partial charge is 0.507 e. The van der Waals surface area contributed by atoms with Crippen LogP contribution in [-0.4, -0.2) is 28.3 Å². The quantitative estimate of drug-likeness (QED) is 0.343. The van der Waals surface area contributed by atoms with Crippen LogP contribution in [0.4, 0.5) is 4.39 Å². The second-order valence-corrected chi connectivity index (χ2v) is 7.47. The molecule has 4 rings (SSSR count). The summed E-state index contributed by atoms with van der Waals surface area (Å²) >= 11 is 0. The van der Waals surface area contributed by atoms with E-state index in [9.17, 15) is 19.1 Å². The van der Waals surface area contributed by atoms with Crippen molar-refractivity contribution in [3.05, 3.63) is 94.7 Å². The van der Waals surface area contributed by atoms with Gasteiger partial charge in [-0.2, -0.15) is 0 Å². The first-order valence-corrected chi connectivity index (χ1v) is 10.2. The molecule has 1 fully saturated rings. The molecule has 3 aromatic rings. The first kappa shape index (κ1) is 21.4. The Morgan fingerprint density at radius 3 is 2.53 bits per heavy atom. The number of carbonyl (C=O) groups is 2. The van der Waals surface area contributed by atoms with Crippen molar-refractivity contribution in [3.63, 3.8) is 0 Å². The Morgan fingerprint density at radius 2 is 1.91 bits per heavy atom. The summed E-state index contributed by atoms with van der Waals surface area (Å²) in [6.45, 7) is 4.00. The highest BCUT2D eigenvalue weighted by atomic mass is 19.1. The number of ether oxygens (including phenoxy) is 1. The number of carbonyl (C=O) groups excluding carboxylic acids is 2. The fraction of sp³-hybridized carbons (Fsp3) is 0.200. The van der Waals surface area contributed by atoms with Crippen LogP contribution in [0.5, 0.6) is 5.75 Å². The summed E-state index contributed by atoms with van der Waals surface area (Å²) in [5, 5.41) is 11.0. The maximum atomic E-state index is 14.1. The van der Waals surface area contributed by atoms with Crippen LogP contribution < -0.4 is 4.74 Å².